The van der Waals surface area contributed by atoms with Gasteiger partial charge >= 0.3 is 0 Å². The molecule has 0 bridgehead atoms. The van der Waals surface area contributed by atoms with E-state index < -0.39 is 28.5 Å². The average Bonchev–Trinajstić information content (AvgIpc) is 2.54. The zero-order valence-electron chi connectivity index (χ0n) is 13.2. The zero-order chi connectivity index (χ0) is 18.3. The Bertz CT molecular complexity index is 1040. The van der Waals surface area contributed by atoms with Gasteiger partial charge in [-0.2, -0.15) is 0 Å². The van der Waals surface area contributed by atoms with Gasteiger partial charge in [0.2, 0.25) is 11.5 Å². The lowest BCUT2D eigenvalue weighted by Gasteiger charge is -2.13. The Morgan fingerprint density at radius 1 is 1.04 bits per heavy atom. The zero-order valence-corrected chi connectivity index (χ0v) is 13.2. The molecule has 0 amide bonds. The number of fused-ring (bicyclic) bond motifs is 1. The fraction of sp³-hybridized carbons (Fsp3) is 0.118. The van der Waals surface area contributed by atoms with Gasteiger partial charge < -0.3 is 29.2 Å². The standard InChI is InChI=1S/C17H13FO7/c1-23-13-5-8(15(18)17(24-2)16(13)22)11-6-10(21)14-9(20)3-7(19)4-12(14)25-11/h3-6,19-20,22H,1-2H3. The number of rotatable bonds is 3. The predicted octanol–water partition coefficient (Wildman–Crippen LogP) is 2.73. The molecule has 3 rings (SSSR count). The Kier molecular flexibility index (Phi) is 3.88. The molecule has 0 aliphatic heterocycles. The Hall–Kier alpha value is -3.42. The summed E-state index contributed by atoms with van der Waals surface area (Å²) in [6.07, 6.45) is 0. The Morgan fingerprint density at radius 2 is 1.76 bits per heavy atom. The summed E-state index contributed by atoms with van der Waals surface area (Å²) in [5.41, 5.74) is -0.974. The first-order valence-electron chi connectivity index (χ1n) is 7.01. The molecule has 8 heteroatoms. The molecule has 0 saturated carbocycles. The molecule has 3 aromatic rings. The molecule has 0 radical (unpaired) electrons. The van der Waals surface area contributed by atoms with Crippen molar-refractivity contribution in [3.8, 4) is 40.1 Å². The number of aromatic hydroxyl groups is 3. The van der Waals surface area contributed by atoms with Crippen molar-refractivity contribution >= 4 is 11.0 Å². The highest BCUT2D eigenvalue weighted by molar-refractivity contribution is 5.86. The van der Waals surface area contributed by atoms with E-state index in [0.717, 1.165) is 31.4 Å². The van der Waals surface area contributed by atoms with Crippen molar-refractivity contribution in [1.82, 2.24) is 0 Å². The molecule has 25 heavy (non-hydrogen) atoms. The molecule has 130 valence electrons. The first-order valence-corrected chi connectivity index (χ1v) is 7.01. The summed E-state index contributed by atoms with van der Waals surface area (Å²) in [7, 11) is 2.43. The van der Waals surface area contributed by atoms with Gasteiger partial charge in [-0.15, -0.1) is 0 Å². The van der Waals surface area contributed by atoms with Gasteiger partial charge in [-0.25, -0.2) is 4.39 Å². The van der Waals surface area contributed by atoms with Crippen LogP contribution in [0.3, 0.4) is 0 Å². The molecule has 2 aromatic carbocycles. The van der Waals surface area contributed by atoms with Crippen LogP contribution in [0.5, 0.6) is 28.7 Å². The molecule has 7 nitrogen and oxygen atoms in total. The topological polar surface area (TPSA) is 109 Å². The van der Waals surface area contributed by atoms with Crippen LogP contribution in [-0.2, 0) is 0 Å². The molecule has 1 aromatic heterocycles. The number of ether oxygens (including phenoxy) is 2. The van der Waals surface area contributed by atoms with Crippen LogP contribution in [0.15, 0.2) is 33.5 Å². The largest absolute Gasteiger partial charge is 0.508 e. The first kappa shape index (κ1) is 16.4. The predicted molar refractivity (Wildman–Crippen MR) is 86.0 cm³/mol. The average molecular weight is 348 g/mol. The van der Waals surface area contributed by atoms with Gasteiger partial charge in [-0.1, -0.05) is 0 Å². The van der Waals surface area contributed by atoms with E-state index in [4.69, 9.17) is 13.9 Å². The normalized spacial score (nSPS) is 10.8. The van der Waals surface area contributed by atoms with Crippen LogP contribution in [-0.4, -0.2) is 29.5 Å². The summed E-state index contributed by atoms with van der Waals surface area (Å²) in [5.74, 6) is -3.05. The fourth-order valence-electron chi connectivity index (χ4n) is 2.51. The van der Waals surface area contributed by atoms with E-state index in [1.165, 1.54) is 7.11 Å². The first-order chi connectivity index (χ1) is 11.9. The molecule has 0 atom stereocenters. The van der Waals surface area contributed by atoms with Gasteiger partial charge in [0.15, 0.2) is 17.0 Å². The minimum atomic E-state index is -0.965. The summed E-state index contributed by atoms with van der Waals surface area (Å²) >= 11 is 0. The minimum Gasteiger partial charge on any atom is -0.508 e. The monoisotopic (exact) mass is 348 g/mol. The maximum Gasteiger partial charge on any atom is 0.203 e. The Balaban J connectivity index is 2.36. The van der Waals surface area contributed by atoms with Gasteiger partial charge in [-0.3, -0.25) is 4.79 Å². The number of methoxy groups -OCH3 is 2. The molecule has 0 unspecified atom stereocenters. The molecule has 0 fully saturated rings. The van der Waals surface area contributed by atoms with Crippen molar-refractivity contribution in [2.45, 2.75) is 0 Å². The van der Waals surface area contributed by atoms with Gasteiger partial charge in [0.1, 0.15) is 28.2 Å². The molecule has 0 spiro atoms. The van der Waals surface area contributed by atoms with E-state index in [2.05, 4.69) is 0 Å². The summed E-state index contributed by atoms with van der Waals surface area (Å²) < 4.78 is 29.9. The van der Waals surface area contributed by atoms with E-state index >= 15 is 0 Å². The number of hydrogen-bond donors (Lipinski definition) is 3. The number of benzene rings is 2. The highest BCUT2D eigenvalue weighted by Gasteiger charge is 2.23. The smallest absolute Gasteiger partial charge is 0.203 e. The van der Waals surface area contributed by atoms with Crippen molar-refractivity contribution in [2.75, 3.05) is 14.2 Å². The highest BCUT2D eigenvalue weighted by Crippen LogP contribution is 2.43. The van der Waals surface area contributed by atoms with E-state index in [1.807, 2.05) is 0 Å². The van der Waals surface area contributed by atoms with E-state index in [9.17, 15) is 24.5 Å². The van der Waals surface area contributed by atoms with E-state index in [-0.39, 0.29) is 33.8 Å². The van der Waals surface area contributed by atoms with Crippen molar-refractivity contribution in [3.63, 3.8) is 0 Å². The molecule has 0 saturated heterocycles. The van der Waals surface area contributed by atoms with Gasteiger partial charge in [0.05, 0.1) is 19.8 Å². The van der Waals surface area contributed by atoms with Crippen LogP contribution < -0.4 is 14.9 Å². The molecule has 1 heterocycles. The lowest BCUT2D eigenvalue weighted by molar-refractivity contribution is 0.326. The second-order valence-corrected chi connectivity index (χ2v) is 5.14. The van der Waals surface area contributed by atoms with Gasteiger partial charge in [-0.05, 0) is 6.07 Å². The molecular formula is C17H13FO7. The Morgan fingerprint density at radius 3 is 2.40 bits per heavy atom. The molecular weight excluding hydrogens is 335 g/mol. The summed E-state index contributed by atoms with van der Waals surface area (Å²) in [6, 6.07) is 4.23. The molecule has 3 N–H and O–H groups in total. The SMILES string of the molecule is COc1cc(-c2cc(=O)c3c(O)cc(O)cc3o2)c(F)c(OC)c1O. The third-order valence-electron chi connectivity index (χ3n) is 3.64. The Labute approximate surface area is 140 Å². The van der Waals surface area contributed by atoms with Crippen molar-refractivity contribution in [3.05, 3.63) is 40.3 Å². The molecule has 0 aliphatic carbocycles. The maximum absolute atomic E-state index is 14.6. The van der Waals surface area contributed by atoms with Crippen molar-refractivity contribution in [2.24, 2.45) is 0 Å². The quantitative estimate of drug-likeness (QED) is 0.667. The number of phenols is 3. The van der Waals surface area contributed by atoms with Crippen molar-refractivity contribution < 1.29 is 33.6 Å². The van der Waals surface area contributed by atoms with Crippen LogP contribution in [0.4, 0.5) is 4.39 Å². The second-order valence-electron chi connectivity index (χ2n) is 5.14. The van der Waals surface area contributed by atoms with Gasteiger partial charge in [0, 0.05) is 18.2 Å². The fourth-order valence-corrected chi connectivity index (χ4v) is 2.51. The van der Waals surface area contributed by atoms with Crippen LogP contribution in [0, 0.1) is 5.82 Å². The van der Waals surface area contributed by atoms with Crippen LogP contribution >= 0.6 is 0 Å². The van der Waals surface area contributed by atoms with Gasteiger partial charge in [0.25, 0.3) is 0 Å². The lowest BCUT2D eigenvalue weighted by atomic mass is 10.1. The third-order valence-corrected chi connectivity index (χ3v) is 3.64. The second kappa shape index (κ2) is 5.90. The van der Waals surface area contributed by atoms with Crippen LogP contribution in [0.1, 0.15) is 0 Å². The van der Waals surface area contributed by atoms with Crippen molar-refractivity contribution in [1.29, 1.82) is 0 Å². The minimum absolute atomic E-state index is 0.0882. The maximum atomic E-state index is 14.6. The summed E-state index contributed by atoms with van der Waals surface area (Å²) in [4.78, 5) is 12.3. The number of halogens is 1. The number of phenolic OH excluding ortho intramolecular Hbond substituents is 3. The molecule has 0 aliphatic rings. The van der Waals surface area contributed by atoms with Crippen LogP contribution in [0.25, 0.3) is 22.3 Å². The highest BCUT2D eigenvalue weighted by atomic mass is 19.1. The summed E-state index contributed by atoms with van der Waals surface area (Å²) in [6.45, 7) is 0. The lowest BCUT2D eigenvalue weighted by Crippen LogP contribution is -2.02. The van der Waals surface area contributed by atoms with E-state index in [0.29, 0.717) is 0 Å². The summed E-state index contributed by atoms with van der Waals surface area (Å²) in [5, 5.41) is 29.1. The third kappa shape index (κ3) is 2.57. The van der Waals surface area contributed by atoms with Crippen LogP contribution in [0.2, 0.25) is 0 Å². The van der Waals surface area contributed by atoms with E-state index in [1.54, 1.807) is 0 Å². The number of hydrogen-bond acceptors (Lipinski definition) is 7.